The Morgan fingerprint density at radius 3 is 0.727 bits per heavy atom. The Morgan fingerprint density at radius 2 is 0.682 bits per heavy atom. The van der Waals surface area contributed by atoms with E-state index in [2.05, 4.69) is 24.3 Å². The van der Waals surface area contributed by atoms with Crippen molar-refractivity contribution in [1.82, 2.24) is 0 Å². The Balaban J connectivity index is 0.000000269. The minimum Gasteiger partial charge on any atom is -0.502 e. The first kappa shape index (κ1) is 19.9. The third-order valence-corrected chi connectivity index (χ3v) is 2.03. The third-order valence-electron chi connectivity index (χ3n) is 2.03. The van der Waals surface area contributed by atoms with Gasteiger partial charge in [-0.3, -0.25) is 6.08 Å². The van der Waals surface area contributed by atoms with E-state index in [1.54, 1.807) is 0 Å². The molecule has 3 aromatic carbocycles. The van der Waals surface area contributed by atoms with Gasteiger partial charge < -0.3 is 6.08 Å². The van der Waals surface area contributed by atoms with Gasteiger partial charge in [-0.05, 0) is 0 Å². The summed E-state index contributed by atoms with van der Waals surface area (Å²) in [5.41, 5.74) is 0. The molecule has 0 radical (unpaired) electrons. The third kappa shape index (κ3) is 17.9. The second-order valence-corrected chi connectivity index (χ2v) is 3.84. The topological polar surface area (TPSA) is 0 Å². The normalized spacial score (nSPS) is 9.09. The standard InChI is InChI=1S/3C6H5.C3H3.Ni/c3*1-2-4-6-5-3-1;1-2-3-1;/h3*1-5H;1H,2H2;/q4*-1;. The Morgan fingerprint density at radius 1 is 0.455 bits per heavy atom. The summed E-state index contributed by atoms with van der Waals surface area (Å²) in [6, 6.07) is 37.5. The van der Waals surface area contributed by atoms with E-state index >= 15 is 0 Å². The molecule has 0 fully saturated rings. The van der Waals surface area contributed by atoms with Crippen LogP contribution in [0.1, 0.15) is 6.42 Å². The van der Waals surface area contributed by atoms with Crippen LogP contribution in [0.2, 0.25) is 0 Å². The van der Waals surface area contributed by atoms with Crippen molar-refractivity contribution in [3.05, 3.63) is 121 Å². The Labute approximate surface area is 144 Å². The number of hydrogen-bond donors (Lipinski definition) is 0. The second kappa shape index (κ2) is 16.9. The largest absolute Gasteiger partial charge is 0.502 e. The summed E-state index contributed by atoms with van der Waals surface area (Å²) in [6.45, 7) is 0. The van der Waals surface area contributed by atoms with E-state index in [-0.39, 0.29) is 16.5 Å². The first-order valence-electron chi connectivity index (χ1n) is 6.78. The molecule has 0 saturated heterocycles. The summed E-state index contributed by atoms with van der Waals surface area (Å²) in [7, 11) is 0. The predicted octanol–water partition coefficient (Wildman–Crippen LogP) is 5.21. The predicted molar refractivity (Wildman–Crippen MR) is 88.3 cm³/mol. The maximum absolute atomic E-state index is 2.89. The molecule has 1 heteroatoms. The van der Waals surface area contributed by atoms with Gasteiger partial charge >= 0.3 is 0 Å². The molecule has 0 atom stereocenters. The molecule has 1 aliphatic carbocycles. The van der Waals surface area contributed by atoms with Crippen molar-refractivity contribution < 1.29 is 16.5 Å². The maximum atomic E-state index is 2.89. The molecule has 0 unspecified atom stereocenters. The van der Waals surface area contributed by atoms with Crippen molar-refractivity contribution in [2.75, 3.05) is 0 Å². The number of allylic oxidation sites excluding steroid dienone is 2. The molecule has 3 aromatic rings. The van der Waals surface area contributed by atoms with Crippen LogP contribution in [0.4, 0.5) is 0 Å². The monoisotopic (exact) mass is 328 g/mol. The van der Waals surface area contributed by atoms with Crippen molar-refractivity contribution in [2.24, 2.45) is 0 Å². The van der Waals surface area contributed by atoms with Crippen molar-refractivity contribution in [1.29, 1.82) is 0 Å². The van der Waals surface area contributed by atoms with E-state index in [9.17, 15) is 0 Å². The fourth-order valence-corrected chi connectivity index (χ4v) is 1.03. The van der Waals surface area contributed by atoms with E-state index in [1.165, 1.54) is 0 Å². The van der Waals surface area contributed by atoms with Crippen molar-refractivity contribution in [3.8, 4) is 0 Å². The van der Waals surface area contributed by atoms with Gasteiger partial charge in [0.1, 0.15) is 0 Å². The molecule has 1 aliphatic rings. The molecule has 0 nitrogen and oxygen atoms in total. The zero-order valence-corrected chi connectivity index (χ0v) is 13.2. The van der Waals surface area contributed by atoms with E-state index < -0.39 is 0 Å². The first-order valence-corrected chi connectivity index (χ1v) is 6.78. The molecular weight excluding hydrogens is 311 g/mol. The zero-order valence-electron chi connectivity index (χ0n) is 12.3. The molecule has 0 aromatic heterocycles. The van der Waals surface area contributed by atoms with E-state index in [0.717, 1.165) is 6.42 Å². The first-order chi connectivity index (χ1) is 10.5. The summed E-state index contributed by atoms with van der Waals surface area (Å²) in [5, 5.41) is 0. The van der Waals surface area contributed by atoms with Gasteiger partial charge in [-0.25, -0.2) is 6.42 Å². The Kier molecular flexibility index (Phi) is 15.3. The number of rotatable bonds is 0. The molecule has 0 aliphatic heterocycles. The van der Waals surface area contributed by atoms with Crippen LogP contribution in [0.3, 0.4) is 0 Å². The fourth-order valence-electron chi connectivity index (χ4n) is 1.03. The minimum absolute atomic E-state index is 0. The van der Waals surface area contributed by atoms with Crippen LogP contribution >= 0.6 is 0 Å². The van der Waals surface area contributed by atoms with Gasteiger partial charge in [0.05, 0.1) is 0 Å². The van der Waals surface area contributed by atoms with E-state index in [4.69, 9.17) is 0 Å². The maximum Gasteiger partial charge on any atom is 0 e. The van der Waals surface area contributed by atoms with Gasteiger partial charge in [-0.1, -0.05) is 0 Å². The zero-order chi connectivity index (χ0) is 14.8. The second-order valence-electron chi connectivity index (χ2n) is 3.84. The molecule has 0 N–H and O–H groups in total. The van der Waals surface area contributed by atoms with Gasteiger partial charge in [-0.2, -0.15) is 109 Å². The molecule has 0 heterocycles. The number of benzene rings is 3. The molecule has 0 bridgehead atoms. The van der Waals surface area contributed by atoms with Crippen LogP contribution in [-0.4, -0.2) is 0 Å². The molecular formula is C21H18Ni-4. The summed E-state index contributed by atoms with van der Waals surface area (Å²) in [4.78, 5) is 0. The van der Waals surface area contributed by atoms with Crippen LogP contribution in [0.5, 0.6) is 0 Å². The molecule has 0 saturated carbocycles. The van der Waals surface area contributed by atoms with Crippen LogP contribution in [-0.2, 0) is 16.5 Å². The van der Waals surface area contributed by atoms with Gasteiger partial charge in [0, 0.05) is 16.5 Å². The van der Waals surface area contributed by atoms with Crippen LogP contribution in [0.15, 0.2) is 97.1 Å². The molecule has 0 amide bonds. The van der Waals surface area contributed by atoms with E-state index in [1.807, 2.05) is 97.1 Å². The van der Waals surface area contributed by atoms with Crippen LogP contribution < -0.4 is 0 Å². The molecule has 22 heavy (non-hydrogen) atoms. The summed E-state index contributed by atoms with van der Waals surface area (Å²) < 4.78 is 0. The van der Waals surface area contributed by atoms with Crippen LogP contribution in [0.25, 0.3) is 0 Å². The summed E-state index contributed by atoms with van der Waals surface area (Å²) >= 11 is 0. The quantitative estimate of drug-likeness (QED) is 0.392. The molecule has 4 rings (SSSR count). The minimum atomic E-state index is 0. The van der Waals surface area contributed by atoms with Crippen molar-refractivity contribution in [2.45, 2.75) is 6.42 Å². The number of hydrogen-bond acceptors (Lipinski definition) is 0. The van der Waals surface area contributed by atoms with Gasteiger partial charge in [0.25, 0.3) is 0 Å². The molecule has 116 valence electrons. The SMILES string of the molecule is [C-]1=CC1.[Ni].[c-]1ccccc1.[c-]1ccccc1.[c-]1ccccc1. The average molecular weight is 329 g/mol. The summed E-state index contributed by atoms with van der Waals surface area (Å²) in [5.74, 6) is 0. The van der Waals surface area contributed by atoms with Gasteiger partial charge in [-0.15, -0.1) is 0 Å². The smallest absolute Gasteiger partial charge is 0 e. The Hall–Kier alpha value is -2.11. The van der Waals surface area contributed by atoms with Gasteiger partial charge in [0.2, 0.25) is 0 Å². The van der Waals surface area contributed by atoms with Crippen molar-refractivity contribution >= 4 is 0 Å². The molecule has 0 spiro atoms. The van der Waals surface area contributed by atoms with Gasteiger partial charge in [0.15, 0.2) is 0 Å². The average Bonchev–Trinajstić information content (AvgIpc) is 3.50. The fraction of sp³-hybridized carbons (Fsp3) is 0.0476. The van der Waals surface area contributed by atoms with Crippen molar-refractivity contribution in [3.63, 3.8) is 0 Å². The van der Waals surface area contributed by atoms with E-state index in [0.29, 0.717) is 0 Å². The van der Waals surface area contributed by atoms with Crippen LogP contribution in [0, 0.1) is 24.3 Å². The Bertz CT molecular complexity index is 374. The summed E-state index contributed by atoms with van der Waals surface area (Å²) in [6.07, 6.45) is 6.00.